The molecule has 0 radical (unpaired) electrons. The first-order chi connectivity index (χ1) is 9.90. The van der Waals surface area contributed by atoms with Crippen molar-refractivity contribution < 1.29 is 19.1 Å². The molecule has 0 aromatic rings. The molecule has 0 aliphatic rings. The van der Waals surface area contributed by atoms with Crippen LogP contribution in [0.2, 0.25) is 0 Å². The molecule has 21 heavy (non-hydrogen) atoms. The minimum atomic E-state index is -0.415. The largest absolute Gasteiger partial charge is 0.462 e. The first-order valence-corrected chi connectivity index (χ1v) is 7.52. The van der Waals surface area contributed by atoms with Crippen molar-refractivity contribution in [3.8, 4) is 0 Å². The normalized spacial score (nSPS) is 10.0. The third kappa shape index (κ3) is 9.00. The van der Waals surface area contributed by atoms with Gasteiger partial charge in [0.25, 0.3) is 5.91 Å². The minimum absolute atomic E-state index is 0.362. The van der Waals surface area contributed by atoms with Crippen molar-refractivity contribution in [1.29, 1.82) is 0 Å². The first-order valence-electron chi connectivity index (χ1n) is 7.52. The lowest BCUT2D eigenvalue weighted by Crippen LogP contribution is -2.37. The second kappa shape index (κ2) is 11.1. The molecule has 0 bridgehead atoms. The molecule has 0 unspecified atom stereocenters. The van der Waals surface area contributed by atoms with Gasteiger partial charge in [-0.25, -0.2) is 4.79 Å². The molecule has 0 atom stereocenters. The van der Waals surface area contributed by atoms with Crippen LogP contribution in [-0.4, -0.2) is 42.3 Å². The number of esters is 1. The highest BCUT2D eigenvalue weighted by Crippen LogP contribution is 2.04. The fourth-order valence-electron chi connectivity index (χ4n) is 1.76. The van der Waals surface area contributed by atoms with Crippen LogP contribution in [0.15, 0.2) is 12.2 Å². The molecule has 0 N–H and O–H groups in total. The van der Waals surface area contributed by atoms with Gasteiger partial charge in [0.1, 0.15) is 0 Å². The Kier molecular flexibility index (Phi) is 10.2. The fourth-order valence-corrected chi connectivity index (χ4v) is 1.76. The number of carbonyl (C=O) groups is 3. The lowest BCUT2D eigenvalue weighted by Gasteiger charge is -2.21. The van der Waals surface area contributed by atoms with Crippen molar-refractivity contribution in [3.05, 3.63) is 12.2 Å². The number of nitrogens with zero attached hydrogens (tertiary/aromatic N) is 1. The molecule has 0 aromatic heterocycles. The number of unbranched alkanes of at least 4 members (excludes halogenated alkanes) is 3. The molecule has 5 nitrogen and oxygen atoms in total. The maximum Gasteiger partial charge on any atom is 0.333 e. The molecule has 0 aromatic carbocycles. The Morgan fingerprint density at radius 1 is 1.00 bits per heavy atom. The van der Waals surface area contributed by atoms with Crippen molar-refractivity contribution in [2.24, 2.45) is 0 Å². The predicted octanol–water partition coefficient (Wildman–Crippen LogP) is 2.49. The van der Waals surface area contributed by atoms with Gasteiger partial charge in [-0.05, 0) is 32.6 Å². The molecule has 1 amide bonds. The van der Waals surface area contributed by atoms with Crippen molar-refractivity contribution in [1.82, 2.24) is 4.90 Å². The maximum atomic E-state index is 11.7. The van der Waals surface area contributed by atoms with Crippen LogP contribution in [0.25, 0.3) is 0 Å². The Balaban J connectivity index is 3.92. The van der Waals surface area contributed by atoms with Crippen molar-refractivity contribution >= 4 is 17.7 Å². The summed E-state index contributed by atoms with van der Waals surface area (Å²) in [5, 5.41) is 0. The summed E-state index contributed by atoms with van der Waals surface area (Å²) in [6.45, 7) is 10.0. The van der Waals surface area contributed by atoms with Crippen molar-refractivity contribution in [2.45, 2.75) is 52.9 Å². The zero-order chi connectivity index (χ0) is 16.3. The van der Waals surface area contributed by atoms with Crippen LogP contribution < -0.4 is 0 Å². The van der Waals surface area contributed by atoms with Crippen LogP contribution in [0.4, 0.5) is 0 Å². The van der Waals surface area contributed by atoms with E-state index in [1.54, 1.807) is 11.8 Å². The highest BCUT2D eigenvalue weighted by Gasteiger charge is 2.16. The summed E-state index contributed by atoms with van der Waals surface area (Å²) in [5.74, 6) is -1.19. The molecule has 0 fully saturated rings. The summed E-state index contributed by atoms with van der Waals surface area (Å²) in [7, 11) is 0. The van der Waals surface area contributed by atoms with E-state index in [9.17, 15) is 14.4 Å². The van der Waals surface area contributed by atoms with E-state index < -0.39 is 11.7 Å². The Morgan fingerprint density at radius 3 is 2.14 bits per heavy atom. The monoisotopic (exact) mass is 297 g/mol. The number of hydrogen-bond acceptors (Lipinski definition) is 4. The number of amides is 1. The average Bonchev–Trinajstić information content (AvgIpc) is 2.44. The van der Waals surface area contributed by atoms with Crippen LogP contribution in [0.5, 0.6) is 0 Å². The van der Waals surface area contributed by atoms with Gasteiger partial charge in [-0.15, -0.1) is 0 Å². The quantitative estimate of drug-likeness (QED) is 0.254. The number of ether oxygens (including phenoxy) is 1. The number of carbonyl (C=O) groups excluding carboxylic acids is 3. The second-order valence-electron chi connectivity index (χ2n) is 5.18. The molecule has 0 aliphatic carbocycles. The van der Waals surface area contributed by atoms with Gasteiger partial charge in [-0.3, -0.25) is 9.59 Å². The Bertz CT molecular complexity index is 376. The van der Waals surface area contributed by atoms with Gasteiger partial charge in [0.15, 0.2) is 0 Å². The minimum Gasteiger partial charge on any atom is -0.462 e. The molecular weight excluding hydrogens is 270 g/mol. The van der Waals surface area contributed by atoms with Crippen LogP contribution in [-0.2, 0) is 19.1 Å². The first kappa shape index (κ1) is 19.4. The highest BCUT2D eigenvalue weighted by molar-refractivity contribution is 6.35. The molecule has 0 rings (SSSR count). The lowest BCUT2D eigenvalue weighted by atomic mass is 10.2. The van der Waals surface area contributed by atoms with E-state index in [2.05, 4.69) is 6.58 Å². The topological polar surface area (TPSA) is 63.7 Å². The van der Waals surface area contributed by atoms with Crippen LogP contribution >= 0.6 is 0 Å². The van der Waals surface area contributed by atoms with Gasteiger partial charge in [-0.2, -0.15) is 0 Å². The number of Topliss-reactive ketones (excluding diaryl/α,β-unsaturated/α-hetero) is 1. The second-order valence-corrected chi connectivity index (χ2v) is 5.18. The van der Waals surface area contributed by atoms with E-state index in [0.717, 1.165) is 32.1 Å². The van der Waals surface area contributed by atoms with Gasteiger partial charge in [0.2, 0.25) is 5.78 Å². The molecule has 0 heterocycles. The van der Waals surface area contributed by atoms with Crippen LogP contribution in [0, 0.1) is 0 Å². The Hall–Kier alpha value is -1.65. The van der Waals surface area contributed by atoms with Gasteiger partial charge >= 0.3 is 5.97 Å². The van der Waals surface area contributed by atoms with Crippen LogP contribution in [0.3, 0.4) is 0 Å². The standard InChI is InChI=1S/C16H27NO4/c1-5-6-10-17(15(19)14(4)18)11-8-7-9-12-21-16(20)13(2)3/h2,5-12H2,1,3-4H3. The van der Waals surface area contributed by atoms with Crippen molar-refractivity contribution in [3.63, 3.8) is 0 Å². The molecule has 5 heteroatoms. The number of ketones is 1. The zero-order valence-corrected chi connectivity index (χ0v) is 13.4. The average molecular weight is 297 g/mol. The number of rotatable bonds is 11. The summed E-state index contributed by atoms with van der Waals surface area (Å²) >= 11 is 0. The third-order valence-electron chi connectivity index (χ3n) is 3.02. The summed E-state index contributed by atoms with van der Waals surface area (Å²) in [5.41, 5.74) is 0.396. The Labute approximate surface area is 127 Å². The third-order valence-corrected chi connectivity index (χ3v) is 3.02. The smallest absolute Gasteiger partial charge is 0.333 e. The highest BCUT2D eigenvalue weighted by atomic mass is 16.5. The molecule has 120 valence electrons. The van der Waals surface area contributed by atoms with Gasteiger partial charge in [-0.1, -0.05) is 19.9 Å². The van der Waals surface area contributed by atoms with E-state index in [4.69, 9.17) is 4.74 Å². The van der Waals surface area contributed by atoms with Crippen LogP contribution in [0.1, 0.15) is 52.9 Å². The molecular formula is C16H27NO4. The van der Waals surface area contributed by atoms with Gasteiger partial charge < -0.3 is 9.64 Å². The Morgan fingerprint density at radius 2 is 1.62 bits per heavy atom. The molecule has 0 saturated heterocycles. The summed E-state index contributed by atoms with van der Waals surface area (Å²) < 4.78 is 4.99. The zero-order valence-electron chi connectivity index (χ0n) is 13.4. The van der Waals surface area contributed by atoms with Crippen molar-refractivity contribution in [2.75, 3.05) is 19.7 Å². The molecule has 0 spiro atoms. The van der Waals surface area contributed by atoms with E-state index in [1.807, 2.05) is 6.92 Å². The maximum absolute atomic E-state index is 11.7. The lowest BCUT2D eigenvalue weighted by molar-refractivity contribution is -0.143. The summed E-state index contributed by atoms with van der Waals surface area (Å²) in [6.07, 6.45) is 4.27. The molecule has 0 aliphatic heterocycles. The van der Waals surface area contributed by atoms with Gasteiger partial charge in [0, 0.05) is 25.6 Å². The molecule has 0 saturated carbocycles. The van der Waals surface area contributed by atoms with Gasteiger partial charge in [0.05, 0.1) is 6.61 Å². The van der Waals surface area contributed by atoms with E-state index in [0.29, 0.717) is 25.3 Å². The SMILES string of the molecule is C=C(C)C(=O)OCCCCCN(CCCC)C(=O)C(C)=O. The van der Waals surface area contributed by atoms with E-state index in [1.165, 1.54) is 6.92 Å². The fraction of sp³-hybridized carbons (Fsp3) is 0.688. The number of hydrogen-bond donors (Lipinski definition) is 0. The van der Waals surface area contributed by atoms with E-state index in [-0.39, 0.29) is 5.97 Å². The van der Waals surface area contributed by atoms with E-state index >= 15 is 0 Å². The summed E-state index contributed by atoms with van der Waals surface area (Å²) in [4.78, 5) is 35.7. The summed E-state index contributed by atoms with van der Waals surface area (Å²) in [6, 6.07) is 0. The predicted molar refractivity (Wildman–Crippen MR) is 81.8 cm³/mol.